The van der Waals surface area contributed by atoms with Crippen molar-refractivity contribution < 1.29 is 0 Å². The van der Waals surface area contributed by atoms with E-state index in [9.17, 15) is 4.79 Å². The molecule has 6 nitrogen and oxygen atoms in total. The van der Waals surface area contributed by atoms with Gasteiger partial charge >= 0.3 is 0 Å². The average molecular weight is 405 g/mol. The number of rotatable bonds is 0. The lowest BCUT2D eigenvalue weighted by Gasteiger charge is -1.86. The largest absolute Gasteiger partial charge is 0.367 e. The molecule has 8 bridgehead atoms. The first-order chi connectivity index (χ1) is 15.2. The van der Waals surface area contributed by atoms with Crippen molar-refractivity contribution in [2.75, 3.05) is 0 Å². The summed E-state index contributed by atoms with van der Waals surface area (Å²) in [6.07, 6.45) is 11.2. The van der Waals surface area contributed by atoms with Gasteiger partial charge in [-0.3, -0.25) is 4.79 Å². The van der Waals surface area contributed by atoms with Gasteiger partial charge in [0.05, 0.1) is 22.8 Å². The monoisotopic (exact) mass is 405 g/mol. The molecule has 0 fully saturated rings. The molecule has 0 atom stereocenters. The molecule has 0 amide bonds. The summed E-state index contributed by atoms with van der Waals surface area (Å²) < 4.78 is 0. The zero-order chi connectivity index (χ0) is 21.0. The zero-order valence-electron chi connectivity index (χ0n) is 16.5. The minimum Gasteiger partial charge on any atom is -0.367 e. The molecule has 150 valence electrons. The predicted molar refractivity (Wildman–Crippen MR) is 126 cm³/mol. The van der Waals surface area contributed by atoms with E-state index in [1.54, 1.807) is 12.4 Å². The van der Waals surface area contributed by atoms with E-state index in [1.807, 2.05) is 42.5 Å². The zero-order valence-corrected chi connectivity index (χ0v) is 16.5. The quantitative estimate of drug-likeness (QED) is 0.331. The van der Waals surface area contributed by atoms with Crippen LogP contribution >= 0.6 is 0 Å². The third-order valence-electron chi connectivity index (χ3n) is 4.73. The van der Waals surface area contributed by atoms with E-state index in [1.165, 1.54) is 12.1 Å². The lowest BCUT2D eigenvalue weighted by molar-refractivity contribution is 1.28. The average Bonchev–Trinajstić information content (AvgIpc) is 3.55. The van der Waals surface area contributed by atoms with Crippen molar-refractivity contribution in [3.05, 3.63) is 106 Å². The Morgan fingerprint density at radius 2 is 0.935 bits per heavy atom. The van der Waals surface area contributed by atoms with Crippen molar-refractivity contribution in [1.29, 1.82) is 0 Å². The summed E-state index contributed by atoms with van der Waals surface area (Å²) in [7, 11) is 0. The van der Waals surface area contributed by atoms with Crippen molar-refractivity contribution >= 4 is 46.4 Å². The molecular weight excluding hydrogens is 386 g/mol. The van der Waals surface area contributed by atoms with Crippen molar-refractivity contribution in [2.45, 2.75) is 0 Å². The van der Waals surface area contributed by atoms with Gasteiger partial charge in [0.15, 0.2) is 5.43 Å². The number of nitrogens with one attached hydrogen (secondary N) is 3. The Bertz CT molecular complexity index is 1410. The number of nitrogens with zero attached hydrogens (tertiary/aromatic N) is 2. The van der Waals surface area contributed by atoms with Gasteiger partial charge in [-0.2, -0.15) is 0 Å². The van der Waals surface area contributed by atoms with Crippen LogP contribution in [0.3, 0.4) is 0 Å². The number of hydrogen-bond acceptors (Lipinski definition) is 3. The molecule has 6 heteroatoms. The summed E-state index contributed by atoms with van der Waals surface area (Å²) in [4.78, 5) is 29.0. The summed E-state index contributed by atoms with van der Waals surface area (Å²) in [5.41, 5.74) is 7.90. The van der Waals surface area contributed by atoms with Gasteiger partial charge in [0, 0.05) is 46.6 Å². The molecular formula is C25H19N5O. The molecule has 4 aromatic heterocycles. The number of hydrogen-bond donors (Lipinski definition) is 3. The van der Waals surface area contributed by atoms with Crippen molar-refractivity contribution in [2.24, 2.45) is 0 Å². The number of fused-ring (bicyclic) bond motifs is 8. The highest BCUT2D eigenvalue weighted by Gasteiger charge is 2.02. The SMILES string of the molecule is C1=Cc2cc3ccc(cc4ccc(cc5nc(cc1n2)C=C5)[nH]4)[nH]3.O=c1cc[nH]cc1. The van der Waals surface area contributed by atoms with Crippen LogP contribution < -0.4 is 5.43 Å². The van der Waals surface area contributed by atoms with E-state index in [4.69, 9.17) is 0 Å². The fourth-order valence-corrected chi connectivity index (χ4v) is 3.32. The third-order valence-corrected chi connectivity index (χ3v) is 4.73. The summed E-state index contributed by atoms with van der Waals surface area (Å²) in [5, 5.41) is 0. The Balaban J connectivity index is 0.000000250. The van der Waals surface area contributed by atoms with Gasteiger partial charge < -0.3 is 15.0 Å². The van der Waals surface area contributed by atoms with E-state index >= 15 is 0 Å². The van der Waals surface area contributed by atoms with E-state index in [0.717, 1.165) is 44.8 Å². The number of aromatic amines is 3. The molecule has 0 aromatic carbocycles. The second-order valence-electron chi connectivity index (χ2n) is 7.14. The van der Waals surface area contributed by atoms with Crippen LogP contribution in [0.4, 0.5) is 0 Å². The van der Waals surface area contributed by atoms with Crippen molar-refractivity contribution in [3.63, 3.8) is 0 Å². The molecule has 2 aliphatic heterocycles. The van der Waals surface area contributed by atoms with Crippen molar-refractivity contribution in [3.8, 4) is 0 Å². The Kier molecular flexibility index (Phi) is 4.86. The molecule has 0 unspecified atom stereocenters. The molecule has 0 radical (unpaired) electrons. The lowest BCUT2D eigenvalue weighted by atomic mass is 10.3. The van der Waals surface area contributed by atoms with Crippen LogP contribution in [0.15, 0.2) is 77.9 Å². The van der Waals surface area contributed by atoms with Crippen molar-refractivity contribution in [1.82, 2.24) is 24.9 Å². The minimum absolute atomic E-state index is 0.0405. The molecule has 0 aliphatic carbocycles. The van der Waals surface area contributed by atoms with E-state index < -0.39 is 0 Å². The van der Waals surface area contributed by atoms with Gasteiger partial charge in [-0.15, -0.1) is 0 Å². The summed E-state index contributed by atoms with van der Waals surface area (Å²) >= 11 is 0. The van der Waals surface area contributed by atoms with E-state index in [-0.39, 0.29) is 5.43 Å². The molecule has 0 saturated carbocycles. The molecule has 6 heterocycles. The smallest absolute Gasteiger partial charge is 0.181 e. The van der Waals surface area contributed by atoms with Gasteiger partial charge in [0.1, 0.15) is 0 Å². The van der Waals surface area contributed by atoms with Crippen LogP contribution in [-0.2, 0) is 0 Å². The lowest BCUT2D eigenvalue weighted by Crippen LogP contribution is -1.92. The van der Waals surface area contributed by atoms with Crippen LogP contribution in [0.1, 0.15) is 22.8 Å². The highest BCUT2D eigenvalue weighted by atomic mass is 16.1. The van der Waals surface area contributed by atoms with Gasteiger partial charge in [-0.1, -0.05) is 0 Å². The predicted octanol–water partition coefficient (Wildman–Crippen LogP) is 5.03. The van der Waals surface area contributed by atoms with Gasteiger partial charge in [-0.05, 0) is 72.8 Å². The first-order valence-corrected chi connectivity index (χ1v) is 9.87. The summed E-state index contributed by atoms with van der Waals surface area (Å²) in [6.45, 7) is 0. The topological polar surface area (TPSA) is 90.2 Å². The van der Waals surface area contributed by atoms with Crippen LogP contribution in [-0.4, -0.2) is 24.9 Å². The first kappa shape index (κ1) is 18.6. The maximum atomic E-state index is 10.2. The van der Waals surface area contributed by atoms with Crippen LogP contribution in [0, 0.1) is 0 Å². The fourth-order valence-electron chi connectivity index (χ4n) is 3.32. The van der Waals surface area contributed by atoms with E-state index in [2.05, 4.69) is 55.3 Å². The first-order valence-electron chi connectivity index (χ1n) is 9.87. The standard InChI is InChI=1S/C20H14N4.C5H5NO/c1-2-14-10-16-5-6-18(23-16)12-20-8-7-19(24-20)11-17-4-3-15(22-17)9-13(1)21-14;7-5-1-3-6-4-2-5/h1-12,21-22H;1-4H,(H,6,7). The number of aromatic nitrogens is 5. The second-order valence-corrected chi connectivity index (χ2v) is 7.14. The van der Waals surface area contributed by atoms with Gasteiger partial charge in [0.25, 0.3) is 0 Å². The fraction of sp³-hybridized carbons (Fsp3) is 0. The Morgan fingerprint density at radius 1 is 0.516 bits per heavy atom. The molecule has 4 aromatic rings. The summed E-state index contributed by atoms with van der Waals surface area (Å²) in [6, 6.07) is 19.3. The molecule has 0 spiro atoms. The van der Waals surface area contributed by atoms with Crippen LogP contribution in [0.2, 0.25) is 0 Å². The number of pyridine rings is 1. The Labute approximate surface area is 177 Å². The molecule has 2 aliphatic rings. The third kappa shape index (κ3) is 4.59. The maximum Gasteiger partial charge on any atom is 0.181 e. The number of H-pyrrole nitrogens is 3. The van der Waals surface area contributed by atoms with Crippen LogP contribution in [0.25, 0.3) is 46.4 Å². The summed E-state index contributed by atoms with van der Waals surface area (Å²) in [5.74, 6) is 0. The molecule has 3 N–H and O–H groups in total. The molecule has 31 heavy (non-hydrogen) atoms. The highest BCUT2D eigenvalue weighted by Crippen LogP contribution is 2.17. The molecule has 0 saturated heterocycles. The second kappa shape index (κ2) is 8.12. The van der Waals surface area contributed by atoms with E-state index in [0.29, 0.717) is 0 Å². The van der Waals surface area contributed by atoms with Gasteiger partial charge in [0.2, 0.25) is 0 Å². The maximum absolute atomic E-state index is 10.2. The Hall–Kier alpha value is -4.45. The molecule has 6 rings (SSSR count). The minimum atomic E-state index is 0.0405. The Morgan fingerprint density at radius 3 is 1.35 bits per heavy atom. The normalized spacial score (nSPS) is 11.7. The highest BCUT2D eigenvalue weighted by molar-refractivity contribution is 5.77. The van der Waals surface area contributed by atoms with Crippen LogP contribution in [0.5, 0.6) is 0 Å². The van der Waals surface area contributed by atoms with Gasteiger partial charge in [-0.25, -0.2) is 9.97 Å².